The summed E-state index contributed by atoms with van der Waals surface area (Å²) in [5, 5.41) is 0. The number of carbonyl (C=O) groups is 1. The van der Waals surface area contributed by atoms with Gasteiger partial charge in [-0.15, -0.1) is 0 Å². The predicted molar refractivity (Wildman–Crippen MR) is 161 cm³/mol. The number of hydrogen-bond donors (Lipinski definition) is 0. The lowest BCUT2D eigenvalue weighted by Gasteiger charge is -2.25. The van der Waals surface area contributed by atoms with Crippen molar-refractivity contribution in [3.63, 3.8) is 0 Å². The van der Waals surface area contributed by atoms with Crippen LogP contribution in [0.15, 0.2) is 51.4 Å². The number of methoxy groups -OCH3 is 2. The summed E-state index contributed by atoms with van der Waals surface area (Å²) in [5.74, 6) is 1.64. The number of carbonyl (C=O) groups excluding carboxylic acids is 1. The fourth-order valence-electron chi connectivity index (χ4n) is 4.95. The number of rotatable bonds is 9. The minimum atomic E-state index is -0.752. The van der Waals surface area contributed by atoms with Crippen LogP contribution in [0.4, 0.5) is 0 Å². The molecule has 0 amide bonds. The van der Waals surface area contributed by atoms with E-state index in [1.165, 1.54) is 11.3 Å². The highest BCUT2D eigenvalue weighted by Gasteiger charge is 2.34. The summed E-state index contributed by atoms with van der Waals surface area (Å²) in [7, 11) is 3.23. The molecular formula is C32H38N2O6S. The van der Waals surface area contributed by atoms with Gasteiger partial charge < -0.3 is 18.9 Å². The summed E-state index contributed by atoms with van der Waals surface area (Å²) in [6.07, 6.45) is 1.84. The molecule has 1 aliphatic heterocycles. The zero-order chi connectivity index (χ0) is 30.0. The minimum Gasteiger partial charge on any atom is -0.496 e. The van der Waals surface area contributed by atoms with Crippen LogP contribution in [0.2, 0.25) is 0 Å². The quantitative estimate of drug-likeness (QED) is 0.331. The molecule has 2 aromatic carbocycles. The topological polar surface area (TPSA) is 88.4 Å². The van der Waals surface area contributed by atoms with Crippen LogP contribution in [0, 0.1) is 6.92 Å². The number of aromatic nitrogens is 1. The number of ether oxygens (including phenoxy) is 4. The van der Waals surface area contributed by atoms with Gasteiger partial charge in [-0.25, -0.2) is 9.79 Å². The number of esters is 1. The van der Waals surface area contributed by atoms with E-state index in [1.54, 1.807) is 44.8 Å². The van der Waals surface area contributed by atoms with E-state index in [4.69, 9.17) is 18.9 Å². The molecule has 0 spiro atoms. The third-order valence-corrected chi connectivity index (χ3v) is 7.89. The molecular weight excluding hydrogens is 540 g/mol. The maximum absolute atomic E-state index is 14.1. The lowest BCUT2D eigenvalue weighted by Crippen LogP contribution is -2.40. The van der Waals surface area contributed by atoms with Gasteiger partial charge >= 0.3 is 5.97 Å². The smallest absolute Gasteiger partial charge is 0.338 e. The molecule has 8 nitrogen and oxygen atoms in total. The maximum Gasteiger partial charge on any atom is 0.338 e. The summed E-state index contributed by atoms with van der Waals surface area (Å²) in [5.41, 5.74) is 4.24. The number of thiazole rings is 1. The van der Waals surface area contributed by atoms with Gasteiger partial charge in [0.2, 0.25) is 0 Å². The van der Waals surface area contributed by atoms with Crippen LogP contribution in [0.25, 0.3) is 6.08 Å². The van der Waals surface area contributed by atoms with E-state index in [0.29, 0.717) is 37.7 Å². The van der Waals surface area contributed by atoms with Crippen molar-refractivity contribution in [1.29, 1.82) is 0 Å². The van der Waals surface area contributed by atoms with Crippen LogP contribution in [-0.4, -0.2) is 37.5 Å². The first-order chi connectivity index (χ1) is 19.5. The number of hydrogen-bond acceptors (Lipinski definition) is 8. The van der Waals surface area contributed by atoms with Gasteiger partial charge in [-0.3, -0.25) is 9.36 Å². The van der Waals surface area contributed by atoms with Crippen LogP contribution in [-0.2, 0) is 9.53 Å². The molecule has 3 aromatic rings. The standard InChI is InChI=1S/C32H38N2O6S/c1-10-39-31(36)28-20(7)33-32-34(29(28)21-11-12-24(40-18(4)5)26(15-21)38-9)30(35)27(41-32)16-22-14-23(17(2)3)25(37-8)13-19(22)6/h11-18,29H,10H2,1-9H3/b27-16-/t29-/m1/s1. The van der Waals surface area contributed by atoms with Gasteiger partial charge in [-0.2, -0.15) is 0 Å². The van der Waals surface area contributed by atoms with Gasteiger partial charge in [-0.05, 0) is 93.1 Å². The van der Waals surface area contributed by atoms with Gasteiger partial charge in [0.05, 0.1) is 48.8 Å². The Kier molecular flexibility index (Phi) is 9.07. The predicted octanol–water partition coefficient (Wildman–Crippen LogP) is 5.03. The summed E-state index contributed by atoms with van der Waals surface area (Å²) in [6, 6.07) is 8.77. The van der Waals surface area contributed by atoms with Crippen molar-refractivity contribution < 1.29 is 23.7 Å². The number of aryl methyl sites for hydroxylation is 1. The minimum absolute atomic E-state index is 0.0534. The molecule has 0 bridgehead atoms. The van der Waals surface area contributed by atoms with Crippen molar-refractivity contribution in [3.05, 3.63) is 83.5 Å². The molecule has 0 saturated carbocycles. The van der Waals surface area contributed by atoms with Gasteiger partial charge in [0.25, 0.3) is 5.56 Å². The van der Waals surface area contributed by atoms with Crippen molar-refractivity contribution in [2.75, 3.05) is 20.8 Å². The van der Waals surface area contributed by atoms with Crippen molar-refractivity contribution in [2.45, 2.75) is 66.5 Å². The number of nitrogens with zero attached hydrogens (tertiary/aromatic N) is 2. The Morgan fingerprint density at radius 3 is 2.37 bits per heavy atom. The van der Waals surface area contributed by atoms with Crippen LogP contribution in [0.1, 0.15) is 75.8 Å². The highest BCUT2D eigenvalue weighted by molar-refractivity contribution is 7.07. The largest absolute Gasteiger partial charge is 0.496 e. The van der Waals surface area contributed by atoms with E-state index >= 15 is 0 Å². The van der Waals surface area contributed by atoms with E-state index < -0.39 is 12.0 Å². The van der Waals surface area contributed by atoms with E-state index in [1.807, 2.05) is 39.0 Å². The number of fused-ring (bicyclic) bond motifs is 1. The second kappa shape index (κ2) is 12.3. The van der Waals surface area contributed by atoms with Crippen LogP contribution < -0.4 is 29.1 Å². The van der Waals surface area contributed by atoms with E-state index in [-0.39, 0.29) is 24.2 Å². The molecule has 1 aliphatic rings. The summed E-state index contributed by atoms with van der Waals surface area (Å²) in [6.45, 7) is 13.8. The molecule has 0 unspecified atom stereocenters. The zero-order valence-corrected chi connectivity index (χ0v) is 26.0. The van der Waals surface area contributed by atoms with Gasteiger partial charge in [0.15, 0.2) is 16.3 Å². The summed E-state index contributed by atoms with van der Waals surface area (Å²) >= 11 is 1.30. The van der Waals surface area contributed by atoms with E-state index in [2.05, 4.69) is 24.9 Å². The second-order valence-electron chi connectivity index (χ2n) is 10.5. The average Bonchev–Trinajstić information content (AvgIpc) is 3.22. The van der Waals surface area contributed by atoms with Crippen molar-refractivity contribution in [2.24, 2.45) is 4.99 Å². The van der Waals surface area contributed by atoms with E-state index in [9.17, 15) is 9.59 Å². The molecule has 2 heterocycles. The molecule has 4 rings (SSSR count). The Morgan fingerprint density at radius 1 is 1.05 bits per heavy atom. The normalized spacial score (nSPS) is 15.2. The fraction of sp³-hybridized carbons (Fsp3) is 0.406. The fourth-order valence-corrected chi connectivity index (χ4v) is 5.99. The van der Waals surface area contributed by atoms with Crippen molar-refractivity contribution in [3.8, 4) is 17.2 Å². The Bertz CT molecular complexity index is 1680. The Hall–Kier alpha value is -3.85. The molecule has 0 N–H and O–H groups in total. The van der Waals surface area contributed by atoms with Gasteiger partial charge in [0.1, 0.15) is 5.75 Å². The third-order valence-electron chi connectivity index (χ3n) is 6.91. The Balaban J connectivity index is 1.96. The number of allylic oxidation sites excluding steroid dienone is 1. The molecule has 41 heavy (non-hydrogen) atoms. The first kappa shape index (κ1) is 30.1. The van der Waals surface area contributed by atoms with Crippen molar-refractivity contribution >= 4 is 23.4 Å². The maximum atomic E-state index is 14.1. The van der Waals surface area contributed by atoms with Crippen LogP contribution in [0.5, 0.6) is 17.2 Å². The van der Waals surface area contributed by atoms with Gasteiger partial charge in [0, 0.05) is 0 Å². The lowest BCUT2D eigenvalue weighted by molar-refractivity contribution is -0.139. The summed E-state index contributed by atoms with van der Waals surface area (Å²) in [4.78, 5) is 32.5. The molecule has 1 atom stereocenters. The average molecular weight is 579 g/mol. The molecule has 0 saturated heterocycles. The SMILES string of the molecule is CCOC(=O)C1=C(C)N=c2s/c(=C\c3cc(C(C)C)c(OC)cc3C)c(=O)n2[C@@H]1c1ccc(OC(C)C)c(OC)c1. The first-order valence-corrected chi connectivity index (χ1v) is 14.5. The van der Waals surface area contributed by atoms with Crippen LogP contribution in [0.3, 0.4) is 0 Å². The summed E-state index contributed by atoms with van der Waals surface area (Å²) < 4.78 is 24.6. The van der Waals surface area contributed by atoms with Crippen LogP contribution >= 0.6 is 11.3 Å². The first-order valence-electron chi connectivity index (χ1n) is 13.7. The molecule has 0 fully saturated rings. The highest BCUT2D eigenvalue weighted by Crippen LogP contribution is 2.36. The van der Waals surface area contributed by atoms with Gasteiger partial charge in [-0.1, -0.05) is 31.3 Å². The molecule has 1 aromatic heterocycles. The van der Waals surface area contributed by atoms with E-state index in [0.717, 1.165) is 22.4 Å². The Labute approximate surface area is 244 Å². The molecule has 9 heteroatoms. The Morgan fingerprint density at radius 2 is 1.76 bits per heavy atom. The molecule has 218 valence electrons. The zero-order valence-electron chi connectivity index (χ0n) is 25.2. The lowest BCUT2D eigenvalue weighted by atomic mass is 9.95. The van der Waals surface area contributed by atoms with Crippen molar-refractivity contribution in [1.82, 2.24) is 4.57 Å². The molecule has 0 aliphatic carbocycles. The second-order valence-corrected chi connectivity index (χ2v) is 11.5. The monoisotopic (exact) mass is 578 g/mol. The highest BCUT2D eigenvalue weighted by atomic mass is 32.1. The third kappa shape index (κ3) is 5.95. The molecule has 0 radical (unpaired) electrons. The number of benzene rings is 2.